The largest absolute Gasteiger partial charge is 0.395 e. The molecule has 40 heavy (non-hydrogen) atoms. The number of aliphatic hydroxyl groups excluding tert-OH is 1. The fourth-order valence-electron chi connectivity index (χ4n) is 4.27. The normalized spacial score (nSPS) is 16.6. The molecule has 1 heterocycles. The number of anilines is 2. The lowest BCUT2D eigenvalue weighted by molar-refractivity contribution is -0.139. The van der Waals surface area contributed by atoms with Crippen LogP contribution in [0.15, 0.2) is 30.3 Å². The van der Waals surface area contributed by atoms with Crippen molar-refractivity contribution in [1.29, 1.82) is 0 Å². The van der Waals surface area contributed by atoms with E-state index in [0.717, 1.165) is 6.07 Å². The molecule has 3 N–H and O–H groups in total. The van der Waals surface area contributed by atoms with Gasteiger partial charge in [0.15, 0.2) is 11.6 Å². The first-order valence-corrected chi connectivity index (χ1v) is 13.0. The van der Waals surface area contributed by atoms with Gasteiger partial charge in [0.05, 0.1) is 35.4 Å². The molecular formula is C27H32ClF5N4O3. The summed E-state index contributed by atoms with van der Waals surface area (Å²) in [6, 6.07) is 6.68. The standard InChI is InChI=1S/C27H32ClF5N4O3/c1-16-14-37(11-10-36(16)9-8-27(31,32)33)21-12-18(28)5-7-20(21)35-24(39)19-6-4-17(22(29)23(19)30)13-34-25(40)26(2,3)15-38/h4-7,12,16,38H,8-11,13-15H2,1-3H3,(H,34,40)(H,35,39)/t16-/m1/s1. The van der Waals surface area contributed by atoms with Crippen LogP contribution in [0, 0.1) is 17.0 Å². The van der Waals surface area contributed by atoms with E-state index in [-0.39, 0.29) is 30.4 Å². The first-order chi connectivity index (χ1) is 18.6. The van der Waals surface area contributed by atoms with Crippen molar-refractivity contribution < 1.29 is 36.6 Å². The quantitative estimate of drug-likeness (QED) is 0.359. The summed E-state index contributed by atoms with van der Waals surface area (Å²) in [5, 5.41) is 14.7. The summed E-state index contributed by atoms with van der Waals surface area (Å²) in [6.07, 6.45) is -5.16. The van der Waals surface area contributed by atoms with Crippen LogP contribution in [0.1, 0.15) is 43.1 Å². The number of alkyl halides is 3. The van der Waals surface area contributed by atoms with E-state index in [0.29, 0.717) is 30.3 Å². The summed E-state index contributed by atoms with van der Waals surface area (Å²) in [5.41, 5.74) is -1.09. The Bertz CT molecular complexity index is 1240. The van der Waals surface area contributed by atoms with Crippen molar-refractivity contribution in [3.63, 3.8) is 0 Å². The van der Waals surface area contributed by atoms with Gasteiger partial charge >= 0.3 is 6.18 Å². The zero-order chi connectivity index (χ0) is 29.8. The number of carbonyl (C=O) groups is 2. The highest BCUT2D eigenvalue weighted by atomic mass is 35.5. The molecule has 7 nitrogen and oxygen atoms in total. The topological polar surface area (TPSA) is 84.9 Å². The lowest BCUT2D eigenvalue weighted by Crippen LogP contribution is -2.52. The third-order valence-electron chi connectivity index (χ3n) is 6.85. The number of amides is 2. The van der Waals surface area contributed by atoms with Crippen LogP contribution >= 0.6 is 11.6 Å². The van der Waals surface area contributed by atoms with E-state index < -0.39 is 53.6 Å². The Balaban J connectivity index is 1.74. The van der Waals surface area contributed by atoms with Gasteiger partial charge in [-0.05, 0) is 45.0 Å². The first-order valence-electron chi connectivity index (χ1n) is 12.7. The monoisotopic (exact) mass is 590 g/mol. The predicted molar refractivity (Wildman–Crippen MR) is 142 cm³/mol. The number of nitrogens with zero attached hydrogens (tertiary/aromatic N) is 2. The highest BCUT2D eigenvalue weighted by Crippen LogP contribution is 2.32. The minimum Gasteiger partial charge on any atom is -0.395 e. The van der Waals surface area contributed by atoms with Crippen LogP contribution in [0.5, 0.6) is 0 Å². The average molecular weight is 591 g/mol. The van der Waals surface area contributed by atoms with Crippen molar-refractivity contribution >= 4 is 34.8 Å². The van der Waals surface area contributed by atoms with Crippen LogP contribution in [0.2, 0.25) is 5.02 Å². The van der Waals surface area contributed by atoms with E-state index in [4.69, 9.17) is 11.6 Å². The number of aliphatic hydroxyl groups is 1. The zero-order valence-corrected chi connectivity index (χ0v) is 23.1. The van der Waals surface area contributed by atoms with Gasteiger partial charge in [0, 0.05) is 49.4 Å². The maximum Gasteiger partial charge on any atom is 0.390 e. The summed E-state index contributed by atoms with van der Waals surface area (Å²) in [6.45, 7) is 4.96. The highest BCUT2D eigenvalue weighted by molar-refractivity contribution is 6.31. The minimum atomic E-state index is -4.25. The Morgan fingerprint density at radius 1 is 1.10 bits per heavy atom. The van der Waals surface area contributed by atoms with Crippen molar-refractivity contribution in [2.45, 2.75) is 46.0 Å². The van der Waals surface area contributed by atoms with Gasteiger partial charge in [0.1, 0.15) is 0 Å². The van der Waals surface area contributed by atoms with E-state index in [9.17, 15) is 36.6 Å². The molecule has 220 valence electrons. The Labute approximate surface area is 234 Å². The molecule has 2 amide bonds. The van der Waals surface area contributed by atoms with E-state index in [1.165, 1.54) is 32.0 Å². The van der Waals surface area contributed by atoms with Gasteiger partial charge in [-0.15, -0.1) is 0 Å². The molecule has 0 bridgehead atoms. The summed E-state index contributed by atoms with van der Waals surface area (Å²) in [4.78, 5) is 28.7. The molecule has 1 aliphatic rings. The van der Waals surface area contributed by atoms with Gasteiger partial charge in [0.25, 0.3) is 5.91 Å². The van der Waals surface area contributed by atoms with E-state index in [1.807, 2.05) is 4.90 Å². The number of carbonyl (C=O) groups excluding carboxylic acids is 2. The fraction of sp³-hybridized carbons (Fsp3) is 0.481. The molecule has 0 radical (unpaired) electrons. The van der Waals surface area contributed by atoms with Crippen LogP contribution in [-0.4, -0.2) is 66.8 Å². The summed E-state index contributed by atoms with van der Waals surface area (Å²) < 4.78 is 67.7. The van der Waals surface area contributed by atoms with Crippen LogP contribution in [0.3, 0.4) is 0 Å². The molecule has 1 aliphatic heterocycles. The smallest absolute Gasteiger partial charge is 0.390 e. The third kappa shape index (κ3) is 7.82. The Morgan fingerprint density at radius 3 is 2.42 bits per heavy atom. The number of rotatable bonds is 9. The first kappa shape index (κ1) is 31.6. The molecule has 1 saturated heterocycles. The van der Waals surface area contributed by atoms with Gasteiger partial charge in [-0.1, -0.05) is 17.7 Å². The van der Waals surface area contributed by atoms with E-state index in [2.05, 4.69) is 10.6 Å². The second kappa shape index (κ2) is 12.7. The molecule has 13 heteroatoms. The minimum absolute atomic E-state index is 0.124. The zero-order valence-electron chi connectivity index (χ0n) is 22.3. The maximum absolute atomic E-state index is 14.9. The van der Waals surface area contributed by atoms with E-state index in [1.54, 1.807) is 17.9 Å². The van der Waals surface area contributed by atoms with Crippen molar-refractivity contribution in [1.82, 2.24) is 10.2 Å². The molecule has 0 spiro atoms. The molecule has 0 aromatic heterocycles. The lowest BCUT2D eigenvalue weighted by Gasteiger charge is -2.41. The SMILES string of the molecule is C[C@@H]1CN(c2cc(Cl)ccc2NC(=O)c2ccc(CNC(=O)C(C)(C)CO)c(F)c2F)CCN1CCC(F)(F)F. The lowest BCUT2D eigenvalue weighted by atomic mass is 9.93. The van der Waals surface area contributed by atoms with Crippen molar-refractivity contribution in [3.05, 3.63) is 58.1 Å². The van der Waals surface area contributed by atoms with E-state index >= 15 is 0 Å². The maximum atomic E-state index is 14.9. The molecule has 0 saturated carbocycles. The number of nitrogens with one attached hydrogen (secondary N) is 2. The number of halogens is 6. The number of piperazine rings is 1. The van der Waals surface area contributed by atoms with Gasteiger partial charge < -0.3 is 20.6 Å². The Morgan fingerprint density at radius 2 is 1.80 bits per heavy atom. The predicted octanol–water partition coefficient (Wildman–Crippen LogP) is 4.97. The molecule has 0 unspecified atom stereocenters. The van der Waals surface area contributed by atoms with Crippen molar-refractivity contribution in [2.75, 3.05) is 43.0 Å². The Hall–Kier alpha value is -2.96. The molecule has 3 rings (SSSR count). The average Bonchev–Trinajstić information content (AvgIpc) is 2.88. The summed E-state index contributed by atoms with van der Waals surface area (Å²) in [7, 11) is 0. The second-order valence-electron chi connectivity index (χ2n) is 10.4. The molecular weight excluding hydrogens is 559 g/mol. The third-order valence-corrected chi connectivity index (χ3v) is 7.09. The van der Waals surface area contributed by atoms with Crippen LogP contribution < -0.4 is 15.5 Å². The van der Waals surface area contributed by atoms with Crippen molar-refractivity contribution in [3.8, 4) is 0 Å². The molecule has 1 fully saturated rings. The van der Waals surface area contributed by atoms with Gasteiger partial charge in [-0.3, -0.25) is 14.5 Å². The second-order valence-corrected chi connectivity index (χ2v) is 10.9. The number of hydrogen-bond donors (Lipinski definition) is 3. The van der Waals surface area contributed by atoms with Gasteiger partial charge in [-0.2, -0.15) is 13.2 Å². The van der Waals surface area contributed by atoms with Gasteiger partial charge in [-0.25, -0.2) is 8.78 Å². The van der Waals surface area contributed by atoms with Crippen LogP contribution in [0.25, 0.3) is 0 Å². The molecule has 1 atom stereocenters. The Kier molecular flexibility index (Phi) is 10.0. The molecule has 0 aliphatic carbocycles. The van der Waals surface area contributed by atoms with Crippen LogP contribution in [0.4, 0.5) is 33.3 Å². The molecule has 2 aromatic carbocycles. The molecule has 2 aromatic rings. The van der Waals surface area contributed by atoms with Crippen LogP contribution in [-0.2, 0) is 11.3 Å². The van der Waals surface area contributed by atoms with Crippen molar-refractivity contribution in [2.24, 2.45) is 5.41 Å². The summed E-state index contributed by atoms with van der Waals surface area (Å²) in [5.74, 6) is -4.17. The fourth-order valence-corrected chi connectivity index (χ4v) is 4.43. The number of hydrogen-bond acceptors (Lipinski definition) is 5. The van der Waals surface area contributed by atoms with Gasteiger partial charge in [0.2, 0.25) is 5.91 Å². The number of benzene rings is 2. The summed E-state index contributed by atoms with van der Waals surface area (Å²) >= 11 is 6.18. The highest BCUT2D eigenvalue weighted by Gasteiger charge is 2.32.